The molecule has 0 spiro atoms. The molecule has 0 aliphatic carbocycles. The van der Waals surface area contributed by atoms with Gasteiger partial charge in [0, 0.05) is 17.8 Å². The van der Waals surface area contributed by atoms with Gasteiger partial charge < -0.3 is 9.84 Å². The van der Waals surface area contributed by atoms with E-state index < -0.39 is 17.7 Å². The average Bonchev–Trinajstić information content (AvgIpc) is 3.20. The molecule has 1 N–H and O–H groups in total. The Hall–Kier alpha value is -3.81. The van der Waals surface area contributed by atoms with Gasteiger partial charge in [-0.25, -0.2) is 13.6 Å². The molecular weight excluding hydrogens is 390 g/mol. The second-order valence-electron chi connectivity index (χ2n) is 6.77. The van der Waals surface area contributed by atoms with Gasteiger partial charge in [-0.1, -0.05) is 35.5 Å². The zero-order valence-corrected chi connectivity index (χ0v) is 16.1. The van der Waals surface area contributed by atoms with Crippen molar-refractivity contribution in [2.75, 3.05) is 6.54 Å². The molecule has 152 valence electrons. The molecule has 1 aliphatic rings. The van der Waals surface area contributed by atoms with E-state index in [-0.39, 0.29) is 24.3 Å². The largest absolute Gasteiger partial charge is 0.334 e. The van der Waals surface area contributed by atoms with Gasteiger partial charge in [0.15, 0.2) is 0 Å². The molecule has 0 saturated carbocycles. The molecule has 2 aromatic carbocycles. The highest BCUT2D eigenvalue weighted by atomic mass is 19.1. The summed E-state index contributed by atoms with van der Waals surface area (Å²) >= 11 is 0. The third kappa shape index (κ3) is 3.59. The lowest BCUT2D eigenvalue weighted by Gasteiger charge is -2.34. The number of amides is 2. The highest BCUT2D eigenvalue weighted by molar-refractivity contribution is 5.87. The summed E-state index contributed by atoms with van der Waals surface area (Å²) in [7, 11) is 0. The Morgan fingerprint density at radius 1 is 1.20 bits per heavy atom. The molecule has 3 aromatic rings. The van der Waals surface area contributed by atoms with Crippen LogP contribution in [-0.2, 0) is 0 Å². The van der Waals surface area contributed by atoms with Gasteiger partial charge in [-0.05, 0) is 36.8 Å². The van der Waals surface area contributed by atoms with Crippen molar-refractivity contribution in [3.05, 3.63) is 90.0 Å². The molecule has 4 rings (SSSR count). The van der Waals surface area contributed by atoms with Gasteiger partial charge in [-0.2, -0.15) is 4.98 Å². The van der Waals surface area contributed by atoms with E-state index in [2.05, 4.69) is 22.0 Å². The molecular formula is C22H18F2N4O2. The van der Waals surface area contributed by atoms with Crippen LogP contribution < -0.4 is 5.32 Å². The molecule has 8 heteroatoms. The van der Waals surface area contributed by atoms with Crippen molar-refractivity contribution >= 4 is 11.6 Å². The fourth-order valence-electron chi connectivity index (χ4n) is 3.42. The number of nitrogens with zero attached hydrogens (tertiary/aromatic N) is 3. The van der Waals surface area contributed by atoms with Gasteiger partial charge in [0.25, 0.3) is 5.89 Å². The highest BCUT2D eigenvalue weighted by Crippen LogP contribution is 2.37. The second-order valence-corrected chi connectivity index (χ2v) is 6.77. The number of aromatic nitrogens is 2. The van der Waals surface area contributed by atoms with Crippen molar-refractivity contribution in [2.24, 2.45) is 0 Å². The van der Waals surface area contributed by atoms with E-state index in [9.17, 15) is 13.6 Å². The standard InChI is InChI=1S/C22H18F2N4O2/c1-3-10-28-13(2)18(19(25-22(28)29)14-6-4-8-16(23)11-14)21-26-20(27-30-21)15-7-5-9-17(24)12-15/h3-9,11-12,19H,1,10H2,2H3,(H,25,29). The van der Waals surface area contributed by atoms with E-state index in [4.69, 9.17) is 4.52 Å². The first-order valence-corrected chi connectivity index (χ1v) is 9.23. The summed E-state index contributed by atoms with van der Waals surface area (Å²) < 4.78 is 32.9. The minimum absolute atomic E-state index is 0.148. The highest BCUT2D eigenvalue weighted by Gasteiger charge is 2.35. The van der Waals surface area contributed by atoms with Crippen LogP contribution in [0.15, 0.2) is 71.4 Å². The number of urea groups is 1. The Morgan fingerprint density at radius 3 is 2.63 bits per heavy atom. The first-order valence-electron chi connectivity index (χ1n) is 9.23. The normalized spacial score (nSPS) is 16.6. The number of carbonyl (C=O) groups excluding carboxylic acids is 1. The van der Waals surface area contributed by atoms with E-state index in [1.54, 1.807) is 37.3 Å². The van der Waals surface area contributed by atoms with Crippen LogP contribution >= 0.6 is 0 Å². The van der Waals surface area contributed by atoms with Gasteiger partial charge in [0.2, 0.25) is 5.82 Å². The molecule has 2 amide bonds. The lowest BCUT2D eigenvalue weighted by molar-refractivity contribution is 0.209. The number of carbonyl (C=O) groups is 1. The first kappa shape index (κ1) is 19.5. The molecule has 1 atom stereocenters. The van der Waals surface area contributed by atoms with Crippen LogP contribution in [0.25, 0.3) is 17.0 Å². The number of hydrogen-bond donors (Lipinski definition) is 1. The van der Waals surface area contributed by atoms with Crippen LogP contribution in [0.4, 0.5) is 13.6 Å². The van der Waals surface area contributed by atoms with Gasteiger partial charge >= 0.3 is 6.03 Å². The maximum absolute atomic E-state index is 13.9. The van der Waals surface area contributed by atoms with E-state index in [1.165, 1.54) is 29.2 Å². The van der Waals surface area contributed by atoms with E-state index >= 15 is 0 Å². The molecule has 2 heterocycles. The molecule has 0 bridgehead atoms. The molecule has 1 unspecified atom stereocenters. The Balaban J connectivity index is 1.83. The van der Waals surface area contributed by atoms with Crippen molar-refractivity contribution in [2.45, 2.75) is 13.0 Å². The van der Waals surface area contributed by atoms with E-state index in [1.807, 2.05) is 0 Å². The predicted molar refractivity (Wildman–Crippen MR) is 107 cm³/mol. The Kier molecular flexibility index (Phi) is 5.14. The van der Waals surface area contributed by atoms with Crippen molar-refractivity contribution in [1.29, 1.82) is 0 Å². The van der Waals surface area contributed by atoms with Crippen LogP contribution in [0.2, 0.25) is 0 Å². The summed E-state index contributed by atoms with van der Waals surface area (Å²) in [6, 6.07) is 10.7. The number of rotatable bonds is 5. The summed E-state index contributed by atoms with van der Waals surface area (Å²) in [6.45, 7) is 5.69. The molecule has 0 radical (unpaired) electrons. The van der Waals surface area contributed by atoms with Gasteiger partial charge in [0.05, 0.1) is 11.6 Å². The van der Waals surface area contributed by atoms with Crippen LogP contribution in [0.3, 0.4) is 0 Å². The quantitative estimate of drug-likeness (QED) is 0.622. The molecule has 1 aliphatic heterocycles. The van der Waals surface area contributed by atoms with Crippen LogP contribution in [0.1, 0.15) is 24.4 Å². The number of benzene rings is 2. The lowest BCUT2D eigenvalue weighted by atomic mass is 9.94. The fourth-order valence-corrected chi connectivity index (χ4v) is 3.42. The Labute approximate surface area is 171 Å². The summed E-state index contributed by atoms with van der Waals surface area (Å²) in [6.07, 6.45) is 1.59. The van der Waals surface area contributed by atoms with Crippen molar-refractivity contribution in [3.8, 4) is 11.4 Å². The van der Waals surface area contributed by atoms with Gasteiger partial charge in [0.1, 0.15) is 11.6 Å². The number of nitrogens with one attached hydrogen (secondary N) is 1. The maximum Gasteiger partial charge on any atom is 0.322 e. The third-order valence-corrected chi connectivity index (χ3v) is 4.83. The number of hydrogen-bond acceptors (Lipinski definition) is 4. The SMILES string of the molecule is C=CCN1C(=O)NC(c2cccc(F)c2)C(c2nc(-c3cccc(F)c3)no2)=C1C. The first-order chi connectivity index (χ1) is 14.5. The van der Waals surface area contributed by atoms with Crippen molar-refractivity contribution < 1.29 is 18.1 Å². The van der Waals surface area contributed by atoms with E-state index in [0.29, 0.717) is 22.4 Å². The molecule has 0 fully saturated rings. The maximum atomic E-state index is 13.9. The molecule has 1 aromatic heterocycles. The van der Waals surface area contributed by atoms with Crippen molar-refractivity contribution in [3.63, 3.8) is 0 Å². The average molecular weight is 408 g/mol. The smallest absolute Gasteiger partial charge is 0.322 e. The van der Waals surface area contributed by atoms with Gasteiger partial charge in [-0.15, -0.1) is 6.58 Å². The van der Waals surface area contributed by atoms with Crippen LogP contribution in [0, 0.1) is 11.6 Å². The van der Waals surface area contributed by atoms with E-state index in [0.717, 1.165) is 0 Å². The lowest BCUT2D eigenvalue weighted by Crippen LogP contribution is -2.46. The Bertz CT molecular complexity index is 1160. The predicted octanol–water partition coefficient (Wildman–Crippen LogP) is 4.70. The topological polar surface area (TPSA) is 71.3 Å². The minimum atomic E-state index is -0.699. The number of halogens is 2. The third-order valence-electron chi connectivity index (χ3n) is 4.83. The molecule has 0 saturated heterocycles. The summed E-state index contributed by atoms with van der Waals surface area (Å²) in [4.78, 5) is 18.5. The number of allylic oxidation sites excluding steroid dienone is 1. The zero-order valence-electron chi connectivity index (χ0n) is 16.1. The minimum Gasteiger partial charge on any atom is -0.334 e. The van der Waals surface area contributed by atoms with Gasteiger partial charge in [-0.3, -0.25) is 4.90 Å². The molecule has 30 heavy (non-hydrogen) atoms. The van der Waals surface area contributed by atoms with Crippen LogP contribution in [0.5, 0.6) is 0 Å². The zero-order chi connectivity index (χ0) is 21.3. The Morgan fingerprint density at radius 2 is 1.93 bits per heavy atom. The summed E-state index contributed by atoms with van der Waals surface area (Å²) in [5.41, 5.74) is 2.08. The molecule has 6 nitrogen and oxygen atoms in total. The van der Waals surface area contributed by atoms with Crippen LogP contribution in [-0.4, -0.2) is 27.6 Å². The van der Waals surface area contributed by atoms with Crippen molar-refractivity contribution in [1.82, 2.24) is 20.4 Å². The fraction of sp³-hybridized carbons (Fsp3) is 0.136. The second kappa shape index (κ2) is 7.90. The monoisotopic (exact) mass is 408 g/mol. The summed E-state index contributed by atoms with van der Waals surface area (Å²) in [5, 5.41) is 6.82. The summed E-state index contributed by atoms with van der Waals surface area (Å²) in [5.74, 6) is -0.503.